The third-order valence-corrected chi connectivity index (χ3v) is 4.37. The molecule has 0 bridgehead atoms. The van der Waals surface area contributed by atoms with E-state index in [1.165, 1.54) is 7.11 Å². The molecule has 2 heterocycles. The molecule has 0 atom stereocenters. The van der Waals surface area contributed by atoms with Crippen molar-refractivity contribution in [3.63, 3.8) is 0 Å². The highest BCUT2D eigenvalue weighted by Crippen LogP contribution is 2.16. The maximum atomic E-state index is 12.5. The number of nitrogens with one attached hydrogen (secondary N) is 1. The van der Waals surface area contributed by atoms with Crippen molar-refractivity contribution in [2.24, 2.45) is 0 Å². The first kappa shape index (κ1) is 17.7. The van der Waals surface area contributed by atoms with E-state index in [0.717, 1.165) is 18.9 Å². The molecule has 0 saturated carbocycles. The van der Waals surface area contributed by atoms with Gasteiger partial charge in [0.05, 0.1) is 19.2 Å². The molecule has 3 rings (SSSR count). The lowest BCUT2D eigenvalue weighted by atomic mass is 10.2. The summed E-state index contributed by atoms with van der Waals surface area (Å²) >= 11 is 0. The van der Waals surface area contributed by atoms with Crippen LogP contribution >= 0.6 is 0 Å². The average molecular weight is 354 g/mol. The number of hydrogen-bond donors (Lipinski definition) is 1. The number of pyridine rings is 1. The van der Waals surface area contributed by atoms with E-state index in [2.05, 4.69) is 15.2 Å². The van der Waals surface area contributed by atoms with Gasteiger partial charge in [0.1, 0.15) is 5.82 Å². The summed E-state index contributed by atoms with van der Waals surface area (Å²) in [6, 6.07) is 12.8. The van der Waals surface area contributed by atoms with Crippen molar-refractivity contribution in [1.29, 1.82) is 0 Å². The molecule has 0 radical (unpaired) electrons. The van der Waals surface area contributed by atoms with Crippen LogP contribution < -0.4 is 10.2 Å². The number of carbonyl (C=O) groups excluding carboxylic acids is 2. The largest absolute Gasteiger partial charge is 0.465 e. The van der Waals surface area contributed by atoms with Crippen molar-refractivity contribution < 1.29 is 14.3 Å². The van der Waals surface area contributed by atoms with E-state index in [1.54, 1.807) is 24.4 Å². The SMILES string of the molecule is COC(=O)c1ccccc1NCC(=O)N1CCN(c2ccccn2)CC1. The summed E-state index contributed by atoms with van der Waals surface area (Å²) in [5, 5.41) is 3.05. The second-order valence-electron chi connectivity index (χ2n) is 5.95. The molecule has 1 aromatic carbocycles. The second-order valence-corrected chi connectivity index (χ2v) is 5.95. The zero-order chi connectivity index (χ0) is 18.4. The first-order valence-electron chi connectivity index (χ1n) is 8.54. The summed E-state index contributed by atoms with van der Waals surface area (Å²) < 4.78 is 4.77. The summed E-state index contributed by atoms with van der Waals surface area (Å²) in [7, 11) is 1.34. The minimum atomic E-state index is -0.426. The number of anilines is 2. The number of benzene rings is 1. The normalized spacial score (nSPS) is 14.0. The molecule has 2 aromatic rings. The Bertz CT molecular complexity index is 758. The zero-order valence-corrected chi connectivity index (χ0v) is 14.7. The molecule has 1 amide bonds. The number of para-hydroxylation sites is 1. The van der Waals surface area contributed by atoms with Crippen LogP contribution in [0.25, 0.3) is 0 Å². The Morgan fingerprint density at radius 3 is 2.50 bits per heavy atom. The molecule has 1 aromatic heterocycles. The number of ether oxygens (including phenoxy) is 1. The summed E-state index contributed by atoms with van der Waals surface area (Å²) in [4.78, 5) is 32.6. The molecule has 0 spiro atoms. The number of methoxy groups -OCH3 is 1. The standard InChI is InChI=1S/C19H22N4O3/c1-26-19(25)15-6-2-3-7-16(15)21-14-18(24)23-12-10-22(11-13-23)17-8-4-5-9-20-17/h2-9,21H,10-14H2,1H3. The van der Waals surface area contributed by atoms with Gasteiger partial charge >= 0.3 is 5.97 Å². The van der Waals surface area contributed by atoms with Crippen LogP contribution in [0, 0.1) is 0 Å². The highest BCUT2D eigenvalue weighted by atomic mass is 16.5. The minimum Gasteiger partial charge on any atom is -0.465 e. The summed E-state index contributed by atoms with van der Waals surface area (Å²) in [6.45, 7) is 2.94. The van der Waals surface area contributed by atoms with Crippen LogP contribution in [-0.2, 0) is 9.53 Å². The Kier molecular flexibility index (Phi) is 5.68. The number of nitrogens with zero attached hydrogens (tertiary/aromatic N) is 3. The average Bonchev–Trinajstić information content (AvgIpc) is 2.72. The van der Waals surface area contributed by atoms with Crippen LogP contribution in [-0.4, -0.2) is 61.6 Å². The van der Waals surface area contributed by atoms with Gasteiger partial charge in [-0.1, -0.05) is 18.2 Å². The second kappa shape index (κ2) is 8.33. The predicted octanol–water partition coefficient (Wildman–Crippen LogP) is 1.63. The number of amides is 1. The van der Waals surface area contributed by atoms with E-state index in [1.807, 2.05) is 29.2 Å². The monoisotopic (exact) mass is 354 g/mol. The molecule has 1 aliphatic rings. The first-order chi connectivity index (χ1) is 12.7. The molecule has 0 aliphatic carbocycles. The molecule has 7 heteroatoms. The van der Waals surface area contributed by atoms with Gasteiger partial charge in [0.2, 0.25) is 5.91 Å². The molecule has 1 aliphatic heterocycles. The third kappa shape index (κ3) is 4.11. The molecule has 136 valence electrons. The van der Waals surface area contributed by atoms with E-state index >= 15 is 0 Å². The lowest BCUT2D eigenvalue weighted by molar-refractivity contribution is -0.129. The van der Waals surface area contributed by atoms with Crippen LogP contribution in [0.4, 0.5) is 11.5 Å². The van der Waals surface area contributed by atoms with Gasteiger partial charge in [-0.25, -0.2) is 9.78 Å². The molecule has 26 heavy (non-hydrogen) atoms. The fraction of sp³-hybridized carbons (Fsp3) is 0.316. The van der Waals surface area contributed by atoms with Crippen LogP contribution in [0.15, 0.2) is 48.7 Å². The van der Waals surface area contributed by atoms with Gasteiger partial charge in [0.15, 0.2) is 0 Å². The Labute approximate surface area is 152 Å². The highest BCUT2D eigenvalue weighted by Gasteiger charge is 2.22. The molecule has 1 fully saturated rings. The first-order valence-corrected chi connectivity index (χ1v) is 8.54. The van der Waals surface area contributed by atoms with E-state index in [4.69, 9.17) is 4.74 Å². The van der Waals surface area contributed by atoms with Gasteiger partial charge in [0, 0.05) is 38.1 Å². The zero-order valence-electron chi connectivity index (χ0n) is 14.7. The van der Waals surface area contributed by atoms with Crippen molar-refractivity contribution >= 4 is 23.4 Å². The van der Waals surface area contributed by atoms with Crippen molar-refractivity contribution in [2.75, 3.05) is 50.1 Å². The number of carbonyl (C=O) groups is 2. The van der Waals surface area contributed by atoms with Gasteiger partial charge in [0.25, 0.3) is 0 Å². The molecule has 0 unspecified atom stereocenters. The lowest BCUT2D eigenvalue weighted by Gasteiger charge is -2.35. The van der Waals surface area contributed by atoms with Crippen LogP contribution in [0.5, 0.6) is 0 Å². The topological polar surface area (TPSA) is 74.8 Å². The van der Waals surface area contributed by atoms with Crippen molar-refractivity contribution in [3.8, 4) is 0 Å². The molecule has 1 saturated heterocycles. The van der Waals surface area contributed by atoms with Gasteiger partial charge in [-0.05, 0) is 24.3 Å². The van der Waals surface area contributed by atoms with Crippen molar-refractivity contribution in [3.05, 3.63) is 54.2 Å². The number of piperazine rings is 1. The molecular weight excluding hydrogens is 332 g/mol. The lowest BCUT2D eigenvalue weighted by Crippen LogP contribution is -2.50. The van der Waals surface area contributed by atoms with Crippen LogP contribution in [0.3, 0.4) is 0 Å². The molecule has 7 nitrogen and oxygen atoms in total. The van der Waals surface area contributed by atoms with Gasteiger partial charge in [-0.3, -0.25) is 4.79 Å². The Balaban J connectivity index is 1.53. The summed E-state index contributed by atoms with van der Waals surface area (Å²) in [5.41, 5.74) is 1.02. The predicted molar refractivity (Wildman–Crippen MR) is 99.3 cm³/mol. The fourth-order valence-corrected chi connectivity index (χ4v) is 2.93. The Morgan fingerprint density at radius 1 is 1.08 bits per heavy atom. The third-order valence-electron chi connectivity index (χ3n) is 4.37. The van der Waals surface area contributed by atoms with E-state index in [9.17, 15) is 9.59 Å². The summed E-state index contributed by atoms with van der Waals surface area (Å²) in [6.07, 6.45) is 1.77. The molecular formula is C19H22N4O3. The Morgan fingerprint density at radius 2 is 1.81 bits per heavy atom. The highest BCUT2D eigenvalue weighted by molar-refractivity contribution is 5.96. The quantitative estimate of drug-likeness (QED) is 0.823. The number of rotatable bonds is 5. The number of aromatic nitrogens is 1. The summed E-state index contributed by atoms with van der Waals surface area (Å²) in [5.74, 6) is 0.514. The number of esters is 1. The van der Waals surface area contributed by atoms with Gasteiger partial charge < -0.3 is 19.9 Å². The van der Waals surface area contributed by atoms with E-state index in [-0.39, 0.29) is 12.5 Å². The molecule has 1 N–H and O–H groups in total. The van der Waals surface area contributed by atoms with E-state index < -0.39 is 5.97 Å². The maximum Gasteiger partial charge on any atom is 0.339 e. The van der Waals surface area contributed by atoms with Gasteiger partial charge in [-0.15, -0.1) is 0 Å². The van der Waals surface area contributed by atoms with Crippen molar-refractivity contribution in [2.45, 2.75) is 0 Å². The number of hydrogen-bond acceptors (Lipinski definition) is 6. The van der Waals surface area contributed by atoms with E-state index in [0.29, 0.717) is 24.3 Å². The van der Waals surface area contributed by atoms with Crippen molar-refractivity contribution in [1.82, 2.24) is 9.88 Å². The van der Waals surface area contributed by atoms with Gasteiger partial charge in [-0.2, -0.15) is 0 Å². The van der Waals surface area contributed by atoms with Crippen LogP contribution in [0.2, 0.25) is 0 Å². The Hall–Kier alpha value is -3.09. The maximum absolute atomic E-state index is 12.5. The van der Waals surface area contributed by atoms with Crippen LogP contribution in [0.1, 0.15) is 10.4 Å². The minimum absolute atomic E-state index is 0.00494. The smallest absolute Gasteiger partial charge is 0.339 e. The fourth-order valence-electron chi connectivity index (χ4n) is 2.93.